The van der Waals surface area contributed by atoms with Crippen molar-refractivity contribution < 1.29 is 18.3 Å². The number of aryl methyl sites for hydroxylation is 1. The molecule has 1 aliphatic rings. The quantitative estimate of drug-likeness (QED) is 0.281. The highest BCUT2D eigenvalue weighted by Crippen LogP contribution is 2.33. The van der Waals surface area contributed by atoms with Gasteiger partial charge in [-0.2, -0.15) is 8.78 Å². The summed E-state index contributed by atoms with van der Waals surface area (Å²) < 4.78 is 35.8. The van der Waals surface area contributed by atoms with E-state index in [1.165, 1.54) is 29.5 Å². The molecule has 0 amide bonds. The Morgan fingerprint density at radius 3 is 2.03 bits per heavy atom. The molecule has 0 aliphatic heterocycles. The van der Waals surface area contributed by atoms with Crippen LogP contribution in [0.3, 0.4) is 0 Å². The minimum atomic E-state index is -1.52. The second-order valence-corrected chi connectivity index (χ2v) is 9.25. The van der Waals surface area contributed by atoms with Gasteiger partial charge in [0.05, 0.1) is 6.61 Å². The Hall–Kier alpha value is -2.20. The number of rotatable bonds is 13. The zero-order chi connectivity index (χ0) is 23.3. The molecule has 4 heteroatoms. The predicted molar refractivity (Wildman–Crippen MR) is 132 cm³/mol. The van der Waals surface area contributed by atoms with Crippen LogP contribution in [0.2, 0.25) is 0 Å². The largest absolute Gasteiger partial charge is 0.494 e. The van der Waals surface area contributed by atoms with Crippen LogP contribution < -0.4 is 4.74 Å². The number of hydrogen-bond acceptors (Lipinski definition) is 2. The van der Waals surface area contributed by atoms with E-state index in [0.717, 1.165) is 76.4 Å². The highest BCUT2D eigenvalue weighted by molar-refractivity contribution is 5.64. The summed E-state index contributed by atoms with van der Waals surface area (Å²) in [6.45, 7) is 1.60. The molecule has 0 unspecified atom stereocenters. The zero-order valence-electron chi connectivity index (χ0n) is 19.9. The Morgan fingerprint density at radius 1 is 0.818 bits per heavy atom. The van der Waals surface area contributed by atoms with Gasteiger partial charge in [0.15, 0.2) is 0 Å². The van der Waals surface area contributed by atoms with Crippen molar-refractivity contribution in [2.45, 2.75) is 64.2 Å². The molecule has 0 bridgehead atoms. The van der Waals surface area contributed by atoms with Crippen molar-refractivity contribution in [2.75, 3.05) is 20.3 Å². The fraction of sp³-hybridized carbons (Fsp3) is 0.517. The normalized spacial score (nSPS) is 18.2. The fourth-order valence-electron chi connectivity index (χ4n) is 4.69. The SMILES string of the molecule is COCCCCCCOc1ccc(-c2ccc(CCC3CCC(C=C(F)F)CC3)cc2)cc1. The van der Waals surface area contributed by atoms with Crippen LogP contribution in [0.15, 0.2) is 60.7 Å². The van der Waals surface area contributed by atoms with E-state index in [9.17, 15) is 8.78 Å². The van der Waals surface area contributed by atoms with Crippen molar-refractivity contribution in [1.82, 2.24) is 0 Å². The van der Waals surface area contributed by atoms with E-state index in [4.69, 9.17) is 9.47 Å². The van der Waals surface area contributed by atoms with E-state index in [1.54, 1.807) is 7.11 Å². The maximum Gasteiger partial charge on any atom is 0.266 e. The smallest absolute Gasteiger partial charge is 0.266 e. The van der Waals surface area contributed by atoms with E-state index >= 15 is 0 Å². The molecule has 0 saturated heterocycles. The van der Waals surface area contributed by atoms with Crippen LogP contribution in [0.25, 0.3) is 11.1 Å². The lowest BCUT2D eigenvalue weighted by molar-refractivity contribution is 0.191. The molecule has 1 fully saturated rings. The third-order valence-electron chi connectivity index (χ3n) is 6.75. The molecule has 2 aromatic rings. The Bertz CT molecular complexity index is 818. The predicted octanol–water partition coefficient (Wildman–Crippen LogP) is 8.46. The molecule has 1 aliphatic carbocycles. The van der Waals surface area contributed by atoms with Crippen molar-refractivity contribution in [3.05, 3.63) is 66.3 Å². The lowest BCUT2D eigenvalue weighted by atomic mass is 9.79. The minimum absolute atomic E-state index is 0.0772. The molecule has 0 atom stereocenters. The van der Waals surface area contributed by atoms with Crippen molar-refractivity contribution >= 4 is 0 Å². The first-order chi connectivity index (χ1) is 16.1. The van der Waals surface area contributed by atoms with Crippen molar-refractivity contribution in [3.8, 4) is 16.9 Å². The number of unbranched alkanes of at least 4 members (excludes halogenated alkanes) is 3. The lowest BCUT2D eigenvalue weighted by Gasteiger charge is -2.26. The molecule has 2 aromatic carbocycles. The second-order valence-electron chi connectivity index (χ2n) is 9.25. The first-order valence-corrected chi connectivity index (χ1v) is 12.5. The molecule has 33 heavy (non-hydrogen) atoms. The molecule has 0 spiro atoms. The first kappa shape index (κ1) is 25.4. The van der Waals surface area contributed by atoms with Gasteiger partial charge in [-0.1, -0.05) is 42.8 Å². The molecule has 1 saturated carbocycles. The van der Waals surface area contributed by atoms with Crippen LogP contribution in [0.5, 0.6) is 5.75 Å². The Labute approximate surface area is 198 Å². The maximum absolute atomic E-state index is 12.4. The number of ether oxygens (including phenoxy) is 2. The lowest BCUT2D eigenvalue weighted by Crippen LogP contribution is -2.13. The van der Waals surface area contributed by atoms with E-state index in [-0.39, 0.29) is 5.92 Å². The molecular formula is C29H38F2O2. The van der Waals surface area contributed by atoms with Gasteiger partial charge in [-0.3, -0.25) is 0 Å². The van der Waals surface area contributed by atoms with E-state index < -0.39 is 6.08 Å². The number of benzene rings is 2. The second kappa shape index (κ2) is 14.1. The number of hydrogen-bond donors (Lipinski definition) is 0. The standard InChI is InChI=1S/C29H38F2O2/c1-32-20-4-2-3-5-21-33-28-18-16-27(17-19-28)26-14-12-24(13-15-26)7-6-23-8-10-25(11-9-23)22-29(30)31/h12-19,22-23,25H,2-11,20-21H2,1H3. The summed E-state index contributed by atoms with van der Waals surface area (Å²) in [5.74, 6) is 1.66. The number of halogens is 2. The van der Waals surface area contributed by atoms with Gasteiger partial charge in [0.1, 0.15) is 5.75 Å². The highest BCUT2D eigenvalue weighted by Gasteiger charge is 2.20. The molecule has 0 heterocycles. The summed E-state index contributed by atoms with van der Waals surface area (Å²) in [6, 6.07) is 17.2. The summed E-state index contributed by atoms with van der Waals surface area (Å²) in [5.41, 5.74) is 3.75. The number of allylic oxidation sites excluding steroid dienone is 1. The highest BCUT2D eigenvalue weighted by atomic mass is 19.3. The first-order valence-electron chi connectivity index (χ1n) is 12.5. The molecule has 0 radical (unpaired) electrons. The summed E-state index contributed by atoms with van der Waals surface area (Å²) >= 11 is 0. The van der Waals surface area contributed by atoms with Crippen molar-refractivity contribution in [2.24, 2.45) is 11.8 Å². The van der Waals surface area contributed by atoms with Gasteiger partial charge >= 0.3 is 0 Å². The molecule has 0 N–H and O–H groups in total. The van der Waals surface area contributed by atoms with Gasteiger partial charge in [0.25, 0.3) is 6.08 Å². The van der Waals surface area contributed by atoms with Crippen molar-refractivity contribution in [1.29, 1.82) is 0 Å². The Kier molecular flexibility index (Phi) is 10.9. The monoisotopic (exact) mass is 456 g/mol. The van der Waals surface area contributed by atoms with Gasteiger partial charge in [0, 0.05) is 13.7 Å². The van der Waals surface area contributed by atoms with E-state index in [2.05, 4.69) is 48.5 Å². The van der Waals surface area contributed by atoms with Crippen LogP contribution >= 0.6 is 0 Å². The average molecular weight is 457 g/mol. The zero-order valence-corrected chi connectivity index (χ0v) is 19.9. The van der Waals surface area contributed by atoms with Crippen LogP contribution in [0.4, 0.5) is 8.78 Å². The van der Waals surface area contributed by atoms with Gasteiger partial charge in [0.2, 0.25) is 0 Å². The van der Waals surface area contributed by atoms with Crippen LogP contribution in [0, 0.1) is 11.8 Å². The molecule has 3 rings (SSSR count). The van der Waals surface area contributed by atoms with Gasteiger partial charge in [-0.05, 0) is 105 Å². The molecule has 180 valence electrons. The van der Waals surface area contributed by atoms with Crippen LogP contribution in [-0.4, -0.2) is 20.3 Å². The summed E-state index contributed by atoms with van der Waals surface area (Å²) in [7, 11) is 1.75. The van der Waals surface area contributed by atoms with E-state index in [0.29, 0.717) is 5.92 Å². The fourth-order valence-corrected chi connectivity index (χ4v) is 4.69. The third kappa shape index (κ3) is 9.29. The average Bonchev–Trinajstić information content (AvgIpc) is 2.83. The van der Waals surface area contributed by atoms with Gasteiger partial charge in [-0.15, -0.1) is 0 Å². The third-order valence-corrected chi connectivity index (χ3v) is 6.75. The Morgan fingerprint density at radius 2 is 1.42 bits per heavy atom. The van der Waals surface area contributed by atoms with Crippen LogP contribution in [0.1, 0.15) is 63.4 Å². The van der Waals surface area contributed by atoms with Gasteiger partial charge < -0.3 is 9.47 Å². The Balaban J connectivity index is 1.38. The topological polar surface area (TPSA) is 18.5 Å². The van der Waals surface area contributed by atoms with Crippen molar-refractivity contribution in [3.63, 3.8) is 0 Å². The molecule has 0 aromatic heterocycles. The number of methoxy groups -OCH3 is 1. The maximum atomic E-state index is 12.4. The summed E-state index contributed by atoms with van der Waals surface area (Å²) in [6.07, 6.45) is 10.3. The summed E-state index contributed by atoms with van der Waals surface area (Å²) in [4.78, 5) is 0. The minimum Gasteiger partial charge on any atom is -0.494 e. The van der Waals surface area contributed by atoms with Gasteiger partial charge in [-0.25, -0.2) is 0 Å². The summed E-state index contributed by atoms with van der Waals surface area (Å²) in [5, 5.41) is 0. The molecular weight excluding hydrogens is 418 g/mol. The molecule has 2 nitrogen and oxygen atoms in total. The van der Waals surface area contributed by atoms with Crippen LogP contribution in [-0.2, 0) is 11.2 Å². The van der Waals surface area contributed by atoms with E-state index in [1.807, 2.05) is 0 Å².